The molecule has 0 radical (unpaired) electrons. The monoisotopic (exact) mass is 289 g/mol. The van der Waals surface area contributed by atoms with E-state index in [4.69, 9.17) is 0 Å². The zero-order valence-electron chi connectivity index (χ0n) is 12.0. The first-order valence-corrected chi connectivity index (χ1v) is 7.14. The fraction of sp³-hybridized carbons (Fsp3) is 0.500. The van der Waals surface area contributed by atoms with Crippen LogP contribution >= 0.6 is 0 Å². The van der Waals surface area contributed by atoms with Crippen LogP contribution in [0.1, 0.15) is 10.4 Å². The summed E-state index contributed by atoms with van der Waals surface area (Å²) < 4.78 is 0. The van der Waals surface area contributed by atoms with Crippen LogP contribution in [0.4, 0.5) is 5.82 Å². The third-order valence-electron chi connectivity index (χ3n) is 4.04. The lowest BCUT2D eigenvalue weighted by atomic mass is 10.1. The molecule has 0 spiro atoms. The van der Waals surface area contributed by atoms with Crippen molar-refractivity contribution in [3.63, 3.8) is 0 Å². The molecule has 112 valence electrons. The Morgan fingerprint density at radius 1 is 1.43 bits per heavy atom. The van der Waals surface area contributed by atoms with E-state index in [-0.39, 0.29) is 17.9 Å². The van der Waals surface area contributed by atoms with E-state index in [9.17, 15) is 9.59 Å². The lowest BCUT2D eigenvalue weighted by Gasteiger charge is -2.43. The molecule has 21 heavy (non-hydrogen) atoms. The Kier molecular flexibility index (Phi) is 3.74. The summed E-state index contributed by atoms with van der Waals surface area (Å²) in [5, 5.41) is 5.78. The minimum Gasteiger partial charge on any atom is -0.373 e. The van der Waals surface area contributed by atoms with Crippen molar-refractivity contribution in [2.75, 3.05) is 45.1 Å². The molecule has 2 fully saturated rings. The molecule has 2 saturated heterocycles. The van der Waals surface area contributed by atoms with Crippen molar-refractivity contribution >= 4 is 17.6 Å². The molecule has 7 heteroatoms. The Hall–Kier alpha value is -2.15. The van der Waals surface area contributed by atoms with Gasteiger partial charge in [0.15, 0.2) is 0 Å². The highest BCUT2D eigenvalue weighted by Crippen LogP contribution is 2.16. The van der Waals surface area contributed by atoms with Gasteiger partial charge in [-0.05, 0) is 12.1 Å². The van der Waals surface area contributed by atoms with E-state index in [1.807, 2.05) is 0 Å². The van der Waals surface area contributed by atoms with Gasteiger partial charge in [-0.25, -0.2) is 4.98 Å². The number of carbonyl (C=O) groups is 2. The Bertz CT molecular complexity index is 562. The zero-order chi connectivity index (χ0) is 14.8. The molecule has 1 aromatic rings. The molecule has 0 unspecified atom stereocenters. The smallest absolute Gasteiger partial charge is 0.254 e. The standard InChI is InChI=1S/C14H19N5O2/c1-15-12-8-10(2-3-16-12)14(21)19-7-6-18-5-4-17-13(20)11(18)9-19/h2-3,8,11H,4-7,9H2,1H3,(H,15,16)(H,17,20)/t11-/m1/s1. The van der Waals surface area contributed by atoms with Crippen molar-refractivity contribution in [2.24, 2.45) is 0 Å². The van der Waals surface area contributed by atoms with Crippen LogP contribution in [0.5, 0.6) is 0 Å². The maximum absolute atomic E-state index is 12.6. The largest absolute Gasteiger partial charge is 0.373 e. The minimum atomic E-state index is -0.220. The SMILES string of the molecule is CNc1cc(C(=O)N2CCN3CCNC(=O)[C@H]3C2)ccn1. The van der Waals surface area contributed by atoms with E-state index >= 15 is 0 Å². The van der Waals surface area contributed by atoms with E-state index in [1.165, 1.54) is 0 Å². The van der Waals surface area contributed by atoms with Crippen LogP contribution < -0.4 is 10.6 Å². The van der Waals surface area contributed by atoms with E-state index in [1.54, 1.807) is 30.3 Å². The lowest BCUT2D eigenvalue weighted by Crippen LogP contribution is -2.64. The molecule has 2 amide bonds. The molecular formula is C14H19N5O2. The van der Waals surface area contributed by atoms with Crippen LogP contribution in [-0.4, -0.2) is 72.4 Å². The Morgan fingerprint density at radius 2 is 2.29 bits per heavy atom. The van der Waals surface area contributed by atoms with Crippen molar-refractivity contribution < 1.29 is 9.59 Å². The second-order valence-corrected chi connectivity index (χ2v) is 5.27. The lowest BCUT2D eigenvalue weighted by molar-refractivity contribution is -0.131. The number of piperazine rings is 2. The molecule has 0 aromatic carbocycles. The van der Waals surface area contributed by atoms with Crippen LogP contribution in [0, 0.1) is 0 Å². The highest BCUT2D eigenvalue weighted by molar-refractivity contribution is 5.95. The summed E-state index contributed by atoms with van der Waals surface area (Å²) in [5.74, 6) is 0.631. The van der Waals surface area contributed by atoms with E-state index in [0.717, 1.165) is 13.1 Å². The molecule has 2 N–H and O–H groups in total. The molecule has 7 nitrogen and oxygen atoms in total. The zero-order valence-corrected chi connectivity index (χ0v) is 12.0. The number of pyridine rings is 1. The molecule has 0 saturated carbocycles. The summed E-state index contributed by atoms with van der Waals surface area (Å²) in [6.45, 7) is 3.40. The summed E-state index contributed by atoms with van der Waals surface area (Å²) in [6, 6.07) is 3.22. The summed E-state index contributed by atoms with van der Waals surface area (Å²) in [7, 11) is 1.77. The molecule has 1 atom stereocenters. The van der Waals surface area contributed by atoms with Crippen LogP contribution in [0.3, 0.4) is 0 Å². The molecular weight excluding hydrogens is 270 g/mol. The number of hydrogen-bond acceptors (Lipinski definition) is 5. The first-order chi connectivity index (χ1) is 10.2. The quantitative estimate of drug-likeness (QED) is 0.759. The first-order valence-electron chi connectivity index (χ1n) is 7.14. The number of hydrogen-bond donors (Lipinski definition) is 2. The summed E-state index contributed by atoms with van der Waals surface area (Å²) in [5.41, 5.74) is 0.596. The van der Waals surface area contributed by atoms with Gasteiger partial charge in [-0.2, -0.15) is 0 Å². The van der Waals surface area contributed by atoms with Crippen molar-refractivity contribution in [2.45, 2.75) is 6.04 Å². The van der Waals surface area contributed by atoms with Crippen LogP contribution in [-0.2, 0) is 4.79 Å². The summed E-state index contributed by atoms with van der Waals surface area (Å²) in [4.78, 5) is 32.5. The Labute approximate surface area is 123 Å². The highest BCUT2D eigenvalue weighted by atomic mass is 16.2. The normalized spacial score (nSPS) is 22.4. The molecule has 0 aliphatic carbocycles. The number of nitrogens with one attached hydrogen (secondary N) is 2. The van der Waals surface area contributed by atoms with Crippen molar-refractivity contribution in [3.05, 3.63) is 23.9 Å². The van der Waals surface area contributed by atoms with E-state index in [2.05, 4.69) is 20.5 Å². The van der Waals surface area contributed by atoms with Crippen LogP contribution in [0.2, 0.25) is 0 Å². The molecule has 1 aromatic heterocycles. The minimum absolute atomic E-state index is 0.0180. The molecule has 3 heterocycles. The van der Waals surface area contributed by atoms with Gasteiger partial charge in [-0.3, -0.25) is 14.5 Å². The van der Waals surface area contributed by atoms with E-state index < -0.39 is 0 Å². The number of carbonyl (C=O) groups excluding carboxylic acids is 2. The van der Waals surface area contributed by atoms with Gasteiger partial charge < -0.3 is 15.5 Å². The molecule has 0 bridgehead atoms. The fourth-order valence-electron chi connectivity index (χ4n) is 2.84. The van der Waals surface area contributed by atoms with E-state index in [0.29, 0.717) is 31.0 Å². The van der Waals surface area contributed by atoms with Crippen LogP contribution in [0.15, 0.2) is 18.3 Å². The van der Waals surface area contributed by atoms with Gasteiger partial charge in [-0.1, -0.05) is 0 Å². The number of amides is 2. The molecule has 3 rings (SSSR count). The van der Waals surface area contributed by atoms with Crippen molar-refractivity contribution in [1.82, 2.24) is 20.1 Å². The van der Waals surface area contributed by atoms with Crippen molar-refractivity contribution in [1.29, 1.82) is 0 Å². The Balaban J connectivity index is 1.74. The summed E-state index contributed by atoms with van der Waals surface area (Å²) in [6.07, 6.45) is 1.61. The van der Waals surface area contributed by atoms with Gasteiger partial charge in [0.25, 0.3) is 5.91 Å². The highest BCUT2D eigenvalue weighted by Gasteiger charge is 2.36. The fourth-order valence-corrected chi connectivity index (χ4v) is 2.84. The third kappa shape index (κ3) is 2.69. The topological polar surface area (TPSA) is 77.6 Å². The van der Waals surface area contributed by atoms with Gasteiger partial charge in [0.05, 0.1) is 0 Å². The molecule has 2 aliphatic heterocycles. The second kappa shape index (κ2) is 5.69. The molecule has 2 aliphatic rings. The average Bonchev–Trinajstić information content (AvgIpc) is 2.54. The van der Waals surface area contributed by atoms with Gasteiger partial charge in [0, 0.05) is 51.5 Å². The predicted octanol–water partition coefficient (Wildman–Crippen LogP) is -0.620. The maximum atomic E-state index is 12.6. The van der Waals surface area contributed by atoms with Gasteiger partial charge in [0.1, 0.15) is 11.9 Å². The summed E-state index contributed by atoms with van der Waals surface area (Å²) >= 11 is 0. The number of nitrogens with zero attached hydrogens (tertiary/aromatic N) is 3. The first kappa shape index (κ1) is 13.8. The number of aromatic nitrogens is 1. The number of anilines is 1. The van der Waals surface area contributed by atoms with Gasteiger partial charge in [-0.15, -0.1) is 0 Å². The van der Waals surface area contributed by atoms with Gasteiger partial charge in [0.2, 0.25) is 5.91 Å². The number of fused-ring (bicyclic) bond motifs is 1. The number of rotatable bonds is 2. The third-order valence-corrected chi connectivity index (χ3v) is 4.04. The second-order valence-electron chi connectivity index (χ2n) is 5.27. The van der Waals surface area contributed by atoms with Crippen molar-refractivity contribution in [3.8, 4) is 0 Å². The predicted molar refractivity (Wildman–Crippen MR) is 78.1 cm³/mol. The maximum Gasteiger partial charge on any atom is 0.254 e. The average molecular weight is 289 g/mol. The Morgan fingerprint density at radius 3 is 3.10 bits per heavy atom. The van der Waals surface area contributed by atoms with Gasteiger partial charge >= 0.3 is 0 Å². The van der Waals surface area contributed by atoms with Crippen LogP contribution in [0.25, 0.3) is 0 Å².